The smallest absolute Gasteiger partial charge is 0.328 e. The molecule has 0 aliphatic rings. The van der Waals surface area contributed by atoms with Gasteiger partial charge in [0.25, 0.3) is 0 Å². The van der Waals surface area contributed by atoms with Gasteiger partial charge in [0.15, 0.2) is 0 Å². The van der Waals surface area contributed by atoms with Gasteiger partial charge in [-0.25, -0.2) is 4.79 Å². The zero-order chi connectivity index (χ0) is 15.0. The summed E-state index contributed by atoms with van der Waals surface area (Å²) in [7, 11) is 0. The predicted octanol–water partition coefficient (Wildman–Crippen LogP) is 1.73. The third kappa shape index (κ3) is 5.30. The lowest BCUT2D eigenvalue weighted by atomic mass is 10.1. The zero-order valence-electron chi connectivity index (χ0n) is 12.2. The van der Waals surface area contributed by atoms with Crippen LogP contribution >= 0.6 is 0 Å². The van der Waals surface area contributed by atoms with Gasteiger partial charge in [0.2, 0.25) is 5.91 Å². The van der Waals surface area contributed by atoms with Gasteiger partial charge in [-0.15, -0.1) is 0 Å². The summed E-state index contributed by atoms with van der Waals surface area (Å²) in [6.07, 6.45) is 0.414. The van der Waals surface area contributed by atoms with Gasteiger partial charge in [-0.1, -0.05) is 12.1 Å². The first-order chi connectivity index (χ1) is 9.56. The molecule has 1 amide bonds. The normalized spacial score (nSPS) is 11.6. The molecule has 1 atom stereocenters. The molecule has 0 aromatic heterocycles. The lowest BCUT2D eigenvalue weighted by Gasteiger charge is -2.17. The lowest BCUT2D eigenvalue weighted by molar-refractivity contribution is -0.147. The first kappa shape index (κ1) is 16.0. The highest BCUT2D eigenvalue weighted by molar-refractivity contribution is 5.83. The van der Waals surface area contributed by atoms with E-state index in [4.69, 9.17) is 4.74 Å². The molecule has 0 radical (unpaired) electrons. The van der Waals surface area contributed by atoms with Gasteiger partial charge in [-0.2, -0.15) is 0 Å². The summed E-state index contributed by atoms with van der Waals surface area (Å²) in [5.41, 5.74) is 1.96. The molecule has 0 spiro atoms. The summed E-state index contributed by atoms with van der Waals surface area (Å²) in [6, 6.07) is 7.13. The van der Waals surface area contributed by atoms with Crippen molar-refractivity contribution in [3.63, 3.8) is 0 Å². The molecule has 2 N–H and O–H groups in total. The minimum atomic E-state index is -0.649. The maximum atomic E-state index is 11.8. The van der Waals surface area contributed by atoms with E-state index in [2.05, 4.69) is 10.6 Å². The quantitative estimate of drug-likeness (QED) is 0.745. The van der Waals surface area contributed by atoms with E-state index in [0.29, 0.717) is 13.0 Å². The lowest BCUT2D eigenvalue weighted by Crippen LogP contribution is -2.42. The van der Waals surface area contributed by atoms with Crippen molar-refractivity contribution in [1.29, 1.82) is 0 Å². The number of esters is 1. The highest BCUT2D eigenvalue weighted by atomic mass is 16.5. The molecule has 1 aromatic carbocycles. The van der Waals surface area contributed by atoms with Gasteiger partial charge >= 0.3 is 5.97 Å². The maximum Gasteiger partial charge on any atom is 0.328 e. The second-order valence-corrected chi connectivity index (χ2v) is 4.44. The fourth-order valence-electron chi connectivity index (χ4n) is 1.93. The van der Waals surface area contributed by atoms with E-state index in [0.717, 1.165) is 17.8 Å². The molecule has 0 fully saturated rings. The average Bonchev–Trinajstić information content (AvgIpc) is 2.38. The van der Waals surface area contributed by atoms with Crippen molar-refractivity contribution in [2.24, 2.45) is 0 Å². The van der Waals surface area contributed by atoms with Crippen molar-refractivity contribution in [2.75, 3.05) is 18.5 Å². The first-order valence-electron chi connectivity index (χ1n) is 6.83. The number of carbonyl (C=O) groups is 2. The van der Waals surface area contributed by atoms with Gasteiger partial charge in [0.1, 0.15) is 6.04 Å². The van der Waals surface area contributed by atoms with Crippen LogP contribution in [-0.4, -0.2) is 31.1 Å². The Balaban J connectivity index is 2.80. The largest absolute Gasteiger partial charge is 0.464 e. The van der Waals surface area contributed by atoms with E-state index < -0.39 is 12.0 Å². The molecule has 1 rings (SSSR count). The summed E-state index contributed by atoms with van der Waals surface area (Å²) in [5.74, 6) is -0.651. The molecular formula is C15H22N2O3. The number of ether oxygens (including phenoxy) is 1. The van der Waals surface area contributed by atoms with Crippen molar-refractivity contribution in [1.82, 2.24) is 5.32 Å². The Labute approximate surface area is 119 Å². The van der Waals surface area contributed by atoms with Crippen LogP contribution in [0.2, 0.25) is 0 Å². The number of amides is 1. The minimum Gasteiger partial charge on any atom is -0.464 e. The molecule has 0 aliphatic carbocycles. The maximum absolute atomic E-state index is 11.8. The van der Waals surface area contributed by atoms with Crippen LogP contribution in [0.5, 0.6) is 0 Å². The summed E-state index contributed by atoms with van der Waals surface area (Å²) in [4.78, 5) is 23.0. The number of nitrogens with one attached hydrogen (secondary N) is 2. The average molecular weight is 278 g/mol. The van der Waals surface area contributed by atoms with Crippen molar-refractivity contribution >= 4 is 17.6 Å². The molecule has 0 saturated carbocycles. The van der Waals surface area contributed by atoms with Crippen LogP contribution in [0.15, 0.2) is 24.3 Å². The van der Waals surface area contributed by atoms with Crippen molar-refractivity contribution in [3.05, 3.63) is 29.8 Å². The molecule has 0 heterocycles. The summed E-state index contributed by atoms with van der Waals surface area (Å²) in [5, 5.41) is 5.84. The van der Waals surface area contributed by atoms with Crippen LogP contribution in [0.4, 0.5) is 5.69 Å². The van der Waals surface area contributed by atoms with Crippen molar-refractivity contribution in [2.45, 2.75) is 33.2 Å². The second-order valence-electron chi connectivity index (χ2n) is 4.44. The third-order valence-electron chi connectivity index (χ3n) is 2.70. The molecule has 0 saturated heterocycles. The topological polar surface area (TPSA) is 67.4 Å². The standard InChI is InChI=1S/C15H22N2O3/c1-4-16-13-8-6-7-12(9-13)10-14(17-11(3)18)15(19)20-5-2/h6-9,14,16H,4-5,10H2,1-3H3,(H,17,18)/t14-/m0/s1. The molecule has 0 bridgehead atoms. The van der Waals surface area contributed by atoms with E-state index in [9.17, 15) is 9.59 Å². The van der Waals surface area contributed by atoms with E-state index in [1.165, 1.54) is 6.92 Å². The Morgan fingerprint density at radius 1 is 1.30 bits per heavy atom. The van der Waals surface area contributed by atoms with Gasteiger partial charge in [-0.3, -0.25) is 4.79 Å². The van der Waals surface area contributed by atoms with E-state index in [1.54, 1.807) is 6.92 Å². The van der Waals surface area contributed by atoms with E-state index >= 15 is 0 Å². The summed E-state index contributed by atoms with van der Waals surface area (Å²) < 4.78 is 4.99. The Morgan fingerprint density at radius 2 is 2.05 bits per heavy atom. The molecule has 110 valence electrons. The van der Waals surface area contributed by atoms with Crippen LogP contribution in [0.1, 0.15) is 26.3 Å². The Kier molecular flexibility index (Phi) is 6.56. The number of hydrogen-bond donors (Lipinski definition) is 2. The van der Waals surface area contributed by atoms with Crippen LogP contribution < -0.4 is 10.6 Å². The fourth-order valence-corrected chi connectivity index (χ4v) is 1.93. The van der Waals surface area contributed by atoms with E-state index in [-0.39, 0.29) is 5.91 Å². The number of rotatable bonds is 7. The van der Waals surface area contributed by atoms with Crippen LogP contribution in [0.3, 0.4) is 0 Å². The second kappa shape index (κ2) is 8.19. The Hall–Kier alpha value is -2.04. The minimum absolute atomic E-state index is 0.245. The van der Waals surface area contributed by atoms with Gasteiger partial charge in [0.05, 0.1) is 6.61 Å². The number of hydrogen-bond acceptors (Lipinski definition) is 4. The number of carbonyl (C=O) groups excluding carboxylic acids is 2. The monoisotopic (exact) mass is 278 g/mol. The van der Waals surface area contributed by atoms with Crippen molar-refractivity contribution in [3.8, 4) is 0 Å². The van der Waals surface area contributed by atoms with Crippen LogP contribution in [0.25, 0.3) is 0 Å². The highest BCUT2D eigenvalue weighted by Gasteiger charge is 2.21. The molecule has 0 aliphatic heterocycles. The molecular weight excluding hydrogens is 256 g/mol. The SMILES string of the molecule is CCNc1cccc(C[C@H](NC(C)=O)C(=O)OCC)c1. The van der Waals surface area contributed by atoms with Crippen LogP contribution in [0, 0.1) is 0 Å². The third-order valence-corrected chi connectivity index (χ3v) is 2.70. The number of benzene rings is 1. The first-order valence-corrected chi connectivity index (χ1v) is 6.83. The fraction of sp³-hybridized carbons (Fsp3) is 0.467. The number of anilines is 1. The van der Waals surface area contributed by atoms with Gasteiger partial charge in [-0.05, 0) is 31.5 Å². The Bertz CT molecular complexity index is 460. The molecule has 5 heteroatoms. The summed E-state index contributed by atoms with van der Waals surface area (Å²) >= 11 is 0. The van der Waals surface area contributed by atoms with Crippen molar-refractivity contribution < 1.29 is 14.3 Å². The Morgan fingerprint density at radius 3 is 2.65 bits per heavy atom. The zero-order valence-corrected chi connectivity index (χ0v) is 12.2. The summed E-state index contributed by atoms with van der Waals surface area (Å²) in [6.45, 7) is 6.28. The molecule has 5 nitrogen and oxygen atoms in total. The predicted molar refractivity (Wildman–Crippen MR) is 78.5 cm³/mol. The van der Waals surface area contributed by atoms with E-state index in [1.807, 2.05) is 31.2 Å². The molecule has 0 unspecified atom stereocenters. The molecule has 1 aromatic rings. The molecule has 20 heavy (non-hydrogen) atoms. The van der Waals surface area contributed by atoms with Gasteiger partial charge in [0, 0.05) is 25.6 Å². The van der Waals surface area contributed by atoms with Crippen LogP contribution in [-0.2, 0) is 20.7 Å². The van der Waals surface area contributed by atoms with Gasteiger partial charge < -0.3 is 15.4 Å². The highest BCUT2D eigenvalue weighted by Crippen LogP contribution is 2.12.